The number of piperazine rings is 1. The van der Waals surface area contributed by atoms with E-state index in [-0.39, 0.29) is 12.4 Å². The zero-order chi connectivity index (χ0) is 13.9. The first kappa shape index (κ1) is 16.1. The third kappa shape index (κ3) is 3.51. The van der Waals surface area contributed by atoms with E-state index in [4.69, 9.17) is 0 Å². The molecule has 0 bridgehead atoms. The smallest absolute Gasteiger partial charge is 0.225 e. The van der Waals surface area contributed by atoms with E-state index in [1.165, 1.54) is 19.3 Å². The van der Waals surface area contributed by atoms with Crippen molar-refractivity contribution in [3.05, 3.63) is 12.4 Å². The monoisotopic (exact) mass is 312 g/mol. The van der Waals surface area contributed by atoms with E-state index < -0.39 is 0 Å². The molecule has 1 saturated carbocycles. The van der Waals surface area contributed by atoms with Crippen LogP contribution in [0.5, 0.6) is 0 Å². The molecule has 3 rings (SSSR count). The molecule has 2 fully saturated rings. The van der Waals surface area contributed by atoms with Gasteiger partial charge in [0.05, 0.1) is 0 Å². The fourth-order valence-corrected chi connectivity index (χ4v) is 3.40. The highest BCUT2D eigenvalue weighted by Gasteiger charge is 2.29. The lowest BCUT2D eigenvalue weighted by Gasteiger charge is -2.37. The fraction of sp³-hybridized carbons (Fsp3) is 0.733. The number of aryl methyl sites for hydroxylation is 1. The summed E-state index contributed by atoms with van der Waals surface area (Å²) in [6, 6.07) is 0. The number of rotatable bonds is 2. The minimum Gasteiger partial charge on any atom is -0.339 e. The van der Waals surface area contributed by atoms with E-state index in [0.717, 1.165) is 45.0 Å². The van der Waals surface area contributed by atoms with Crippen LogP contribution in [0.1, 0.15) is 32.1 Å². The van der Waals surface area contributed by atoms with Crippen LogP contribution in [-0.2, 0) is 11.8 Å². The van der Waals surface area contributed by atoms with Crippen molar-refractivity contribution in [1.82, 2.24) is 14.5 Å². The maximum Gasteiger partial charge on any atom is 0.225 e. The van der Waals surface area contributed by atoms with E-state index in [0.29, 0.717) is 11.8 Å². The Morgan fingerprint density at radius 1 is 1.14 bits per heavy atom. The fourth-order valence-electron chi connectivity index (χ4n) is 3.40. The van der Waals surface area contributed by atoms with Crippen LogP contribution in [-0.4, -0.2) is 46.5 Å². The van der Waals surface area contributed by atoms with Gasteiger partial charge in [-0.2, -0.15) is 0 Å². The van der Waals surface area contributed by atoms with Crippen molar-refractivity contribution in [1.29, 1.82) is 0 Å². The quantitative estimate of drug-likeness (QED) is 0.839. The van der Waals surface area contributed by atoms with Crippen molar-refractivity contribution < 1.29 is 4.79 Å². The molecule has 5 nitrogen and oxygen atoms in total. The maximum absolute atomic E-state index is 12.5. The van der Waals surface area contributed by atoms with Crippen molar-refractivity contribution in [2.75, 3.05) is 31.1 Å². The molecular weight excluding hydrogens is 288 g/mol. The normalized spacial score (nSPS) is 20.2. The van der Waals surface area contributed by atoms with Crippen LogP contribution in [0.2, 0.25) is 0 Å². The summed E-state index contributed by atoms with van der Waals surface area (Å²) >= 11 is 0. The van der Waals surface area contributed by atoms with E-state index in [2.05, 4.69) is 14.8 Å². The Morgan fingerprint density at radius 3 is 2.38 bits per heavy atom. The Kier molecular flexibility index (Phi) is 5.51. The Hall–Kier alpha value is -1.23. The number of nitrogens with zero attached hydrogens (tertiary/aromatic N) is 4. The molecular formula is C15H25ClN4O. The predicted octanol–water partition coefficient (Wildman–Crippen LogP) is 2.07. The van der Waals surface area contributed by atoms with Crippen LogP contribution in [0.3, 0.4) is 0 Å². The van der Waals surface area contributed by atoms with E-state index in [9.17, 15) is 4.79 Å². The lowest BCUT2D eigenvalue weighted by molar-refractivity contribution is -0.136. The van der Waals surface area contributed by atoms with Gasteiger partial charge < -0.3 is 14.4 Å². The molecule has 2 heterocycles. The molecule has 1 aliphatic carbocycles. The van der Waals surface area contributed by atoms with Crippen LogP contribution in [0.15, 0.2) is 12.4 Å². The third-order valence-electron chi connectivity index (χ3n) is 4.62. The topological polar surface area (TPSA) is 41.4 Å². The van der Waals surface area contributed by atoms with E-state index in [1.807, 2.05) is 24.0 Å². The number of carbonyl (C=O) groups excluding carboxylic acids is 1. The molecule has 1 amide bonds. The summed E-state index contributed by atoms with van der Waals surface area (Å²) in [5, 5.41) is 0. The third-order valence-corrected chi connectivity index (χ3v) is 4.62. The minimum absolute atomic E-state index is 0. The van der Waals surface area contributed by atoms with Gasteiger partial charge in [0.25, 0.3) is 0 Å². The summed E-state index contributed by atoms with van der Waals surface area (Å²) in [5.41, 5.74) is 0. The van der Waals surface area contributed by atoms with E-state index in [1.54, 1.807) is 0 Å². The number of hydrogen-bond donors (Lipinski definition) is 0. The van der Waals surface area contributed by atoms with Crippen LogP contribution < -0.4 is 4.90 Å². The van der Waals surface area contributed by atoms with Gasteiger partial charge in [-0.15, -0.1) is 12.4 Å². The lowest BCUT2D eigenvalue weighted by Crippen LogP contribution is -2.51. The second-order valence-electron chi connectivity index (χ2n) is 5.99. The Bertz CT molecular complexity index is 462. The Morgan fingerprint density at radius 2 is 1.81 bits per heavy atom. The van der Waals surface area contributed by atoms with Crippen molar-refractivity contribution >= 4 is 24.3 Å². The average molecular weight is 313 g/mol. The number of anilines is 1. The number of halogens is 1. The number of carbonyl (C=O) groups is 1. The van der Waals surface area contributed by atoms with Crippen LogP contribution in [0.4, 0.5) is 5.95 Å². The zero-order valence-corrected chi connectivity index (χ0v) is 13.5. The molecule has 0 N–H and O–H groups in total. The molecule has 1 aromatic rings. The Balaban J connectivity index is 0.00000161. The SMILES string of the molecule is Cl.Cn1ccnc1N1CCN(C(=O)C2CCCCC2)CC1. The van der Waals surface area contributed by atoms with Gasteiger partial charge in [-0.1, -0.05) is 19.3 Å². The standard InChI is InChI=1S/C15H24N4O.ClH/c1-17-8-7-16-15(17)19-11-9-18(10-12-19)14(20)13-5-3-2-4-6-13;/h7-8,13H,2-6,9-12H2,1H3;1H. The van der Waals surface area contributed by atoms with Gasteiger partial charge in [0.1, 0.15) is 0 Å². The Labute approximate surface area is 132 Å². The number of hydrogen-bond acceptors (Lipinski definition) is 3. The molecule has 0 radical (unpaired) electrons. The molecule has 0 atom stereocenters. The molecule has 1 aliphatic heterocycles. The molecule has 6 heteroatoms. The maximum atomic E-state index is 12.5. The van der Waals surface area contributed by atoms with Gasteiger partial charge in [-0.3, -0.25) is 4.79 Å². The summed E-state index contributed by atoms with van der Waals surface area (Å²) in [6.45, 7) is 3.46. The largest absolute Gasteiger partial charge is 0.339 e. The van der Waals surface area contributed by atoms with Crippen molar-refractivity contribution in [2.45, 2.75) is 32.1 Å². The van der Waals surface area contributed by atoms with Gasteiger partial charge in [0.15, 0.2) is 0 Å². The highest BCUT2D eigenvalue weighted by atomic mass is 35.5. The zero-order valence-electron chi connectivity index (χ0n) is 12.7. The molecule has 1 aromatic heterocycles. The highest BCUT2D eigenvalue weighted by Crippen LogP contribution is 2.26. The molecule has 2 aliphatic rings. The molecule has 118 valence electrons. The molecule has 1 saturated heterocycles. The lowest BCUT2D eigenvalue weighted by atomic mass is 9.88. The average Bonchev–Trinajstić information content (AvgIpc) is 2.94. The second kappa shape index (κ2) is 7.16. The molecule has 0 unspecified atom stereocenters. The van der Waals surface area contributed by atoms with Gasteiger partial charge in [-0.25, -0.2) is 4.98 Å². The molecule has 0 aromatic carbocycles. The summed E-state index contributed by atoms with van der Waals surface area (Å²) in [6.07, 6.45) is 9.74. The second-order valence-corrected chi connectivity index (χ2v) is 5.99. The predicted molar refractivity (Wildman–Crippen MR) is 85.8 cm³/mol. The first-order valence-electron chi connectivity index (χ1n) is 7.77. The minimum atomic E-state index is 0. The van der Waals surface area contributed by atoms with Crippen molar-refractivity contribution in [3.8, 4) is 0 Å². The van der Waals surface area contributed by atoms with Gasteiger partial charge in [-0.05, 0) is 12.8 Å². The number of aromatic nitrogens is 2. The number of imidazole rings is 1. The number of amides is 1. The summed E-state index contributed by atoms with van der Waals surface area (Å²) in [5.74, 6) is 1.70. The van der Waals surface area contributed by atoms with Crippen molar-refractivity contribution in [2.24, 2.45) is 13.0 Å². The molecule has 0 spiro atoms. The van der Waals surface area contributed by atoms with E-state index >= 15 is 0 Å². The van der Waals surface area contributed by atoms with Crippen LogP contribution >= 0.6 is 12.4 Å². The first-order chi connectivity index (χ1) is 9.75. The van der Waals surface area contributed by atoms with Gasteiger partial charge in [0, 0.05) is 51.5 Å². The van der Waals surface area contributed by atoms with Gasteiger partial charge >= 0.3 is 0 Å². The summed E-state index contributed by atoms with van der Waals surface area (Å²) in [7, 11) is 2.02. The van der Waals surface area contributed by atoms with Crippen LogP contribution in [0.25, 0.3) is 0 Å². The summed E-state index contributed by atoms with van der Waals surface area (Å²) < 4.78 is 2.04. The molecule has 21 heavy (non-hydrogen) atoms. The van der Waals surface area contributed by atoms with Crippen LogP contribution in [0, 0.1) is 5.92 Å². The highest BCUT2D eigenvalue weighted by molar-refractivity contribution is 5.85. The van der Waals surface area contributed by atoms with Gasteiger partial charge in [0.2, 0.25) is 11.9 Å². The summed E-state index contributed by atoms with van der Waals surface area (Å²) in [4.78, 5) is 21.2. The first-order valence-corrected chi connectivity index (χ1v) is 7.77. The van der Waals surface area contributed by atoms with Crippen molar-refractivity contribution in [3.63, 3.8) is 0 Å².